The number of carboxylic acid groups (broad SMARTS) is 3. The molecule has 0 saturated heterocycles. The monoisotopic (exact) mass is 1230 g/mol. The number of hydrogen-bond donors (Lipinski definition) is 6. The molecule has 0 atom stereocenters. The number of aromatic carboxylic acids is 3. The van der Waals surface area contributed by atoms with Crippen LogP contribution in [0.2, 0.25) is 0 Å². The Hall–Kier alpha value is -10.6. The average Bonchev–Trinajstić information content (AvgIpc) is 3.56. The summed E-state index contributed by atoms with van der Waals surface area (Å²) in [6.07, 6.45) is -3.76. The molecule has 3 amide bonds. The highest BCUT2D eigenvalue weighted by Gasteiger charge is 2.29. The summed E-state index contributed by atoms with van der Waals surface area (Å²) in [5.41, 5.74) is 1.03. The summed E-state index contributed by atoms with van der Waals surface area (Å²) in [6, 6.07) is 45.1. The smallest absolute Gasteiger partial charge is 0.422 e. The van der Waals surface area contributed by atoms with E-state index < -0.39 is 88.9 Å². The minimum atomic E-state index is -4.55. The van der Waals surface area contributed by atoms with Gasteiger partial charge in [-0.25, -0.2) is 36.3 Å². The first-order valence-corrected chi connectivity index (χ1v) is 27.2. The number of nitrogens with one attached hydrogen (secondary N) is 3. The van der Waals surface area contributed by atoms with Crippen LogP contribution in [0.3, 0.4) is 0 Å². The number of thioether (sulfide) groups is 1. The van der Waals surface area contributed by atoms with E-state index >= 15 is 0 Å². The van der Waals surface area contributed by atoms with Crippen molar-refractivity contribution in [2.75, 3.05) is 28.3 Å². The number of ether oxygens (including phenoxy) is 1. The van der Waals surface area contributed by atoms with Gasteiger partial charge in [0.25, 0.3) is 17.7 Å². The molecule has 0 aliphatic rings. The summed E-state index contributed by atoms with van der Waals surface area (Å²) in [5, 5.41) is 34.2. The van der Waals surface area contributed by atoms with Crippen molar-refractivity contribution in [3.63, 3.8) is 0 Å². The number of halogens is 8. The Bertz CT molecular complexity index is 4060. The Morgan fingerprint density at radius 2 is 0.852 bits per heavy atom. The number of anilines is 3. The third-order valence-electron chi connectivity index (χ3n) is 12.7. The van der Waals surface area contributed by atoms with Gasteiger partial charge in [-0.1, -0.05) is 98.8 Å². The number of rotatable bonds is 17. The highest BCUT2D eigenvalue weighted by Crippen LogP contribution is 2.33. The summed E-state index contributed by atoms with van der Waals surface area (Å²) in [7, 11) is 0. The van der Waals surface area contributed by atoms with Crippen LogP contribution < -0.4 is 20.7 Å². The number of hydrogen-bond acceptors (Lipinski definition) is 8. The van der Waals surface area contributed by atoms with Crippen molar-refractivity contribution >= 4 is 64.5 Å². The van der Waals surface area contributed by atoms with Crippen LogP contribution in [-0.2, 0) is 6.42 Å². The number of aryl methyl sites for hydroxylation is 1. The SMILES string of the molecule is CCSc1cccc(-c2ccc(NC(=O)c3ccccc3C(=O)O)cc2F)c1.CCc1cccc(-c2cc(F)c(NC(=O)c3ccccc3C(=O)O)c(F)c2)c1.O=C(O)c1ccccc1C(=O)Nc1c(F)cc(-c2cccc(OCC(F)(F)F)c2)cc1F. The number of carbonyl (C=O) groups is 6. The molecule has 0 radical (unpaired) electrons. The van der Waals surface area contributed by atoms with Crippen molar-refractivity contribution in [3.05, 3.63) is 256 Å². The van der Waals surface area contributed by atoms with Crippen LogP contribution in [0, 0.1) is 29.1 Å². The Morgan fingerprint density at radius 3 is 1.28 bits per heavy atom. The highest BCUT2D eigenvalue weighted by molar-refractivity contribution is 7.99. The molecule has 9 aromatic carbocycles. The number of carboxylic acids is 3. The molecule has 88 heavy (non-hydrogen) atoms. The molecule has 0 spiro atoms. The Morgan fingerprint density at radius 1 is 0.432 bits per heavy atom. The topological polar surface area (TPSA) is 208 Å². The fourth-order valence-electron chi connectivity index (χ4n) is 8.53. The molecule has 0 aromatic heterocycles. The molecule has 9 rings (SSSR count). The van der Waals surface area contributed by atoms with Crippen molar-refractivity contribution in [1.29, 1.82) is 0 Å². The van der Waals surface area contributed by atoms with Crippen LogP contribution in [0.15, 0.2) is 193 Å². The first-order valence-electron chi connectivity index (χ1n) is 26.3. The van der Waals surface area contributed by atoms with Gasteiger partial charge in [-0.3, -0.25) is 14.4 Å². The maximum absolute atomic E-state index is 14.7. The molecular weight excluding hydrogens is 1180 g/mol. The van der Waals surface area contributed by atoms with Gasteiger partial charge in [-0.15, -0.1) is 11.8 Å². The van der Waals surface area contributed by atoms with Crippen LogP contribution >= 0.6 is 11.8 Å². The fourth-order valence-corrected chi connectivity index (χ4v) is 9.25. The van der Waals surface area contributed by atoms with Crippen molar-refractivity contribution < 1.29 is 83.9 Å². The predicted molar refractivity (Wildman–Crippen MR) is 317 cm³/mol. The number of alkyl halides is 3. The van der Waals surface area contributed by atoms with Crippen molar-refractivity contribution in [2.45, 2.75) is 31.3 Å². The van der Waals surface area contributed by atoms with E-state index in [0.717, 1.165) is 52.5 Å². The van der Waals surface area contributed by atoms with Gasteiger partial charge in [0, 0.05) is 16.1 Å². The highest BCUT2D eigenvalue weighted by atomic mass is 32.2. The third-order valence-corrected chi connectivity index (χ3v) is 13.6. The molecule has 0 bridgehead atoms. The lowest BCUT2D eigenvalue weighted by Crippen LogP contribution is -2.19. The second-order valence-electron chi connectivity index (χ2n) is 18.7. The number of benzene rings is 9. The molecule has 0 unspecified atom stereocenters. The van der Waals surface area contributed by atoms with Gasteiger partial charge in [0.15, 0.2) is 6.61 Å². The van der Waals surface area contributed by atoms with E-state index in [4.69, 9.17) is 10.2 Å². The quantitative estimate of drug-likeness (QED) is 0.0373. The summed E-state index contributed by atoms with van der Waals surface area (Å²) in [4.78, 5) is 72.0. The molecule has 9 aromatic rings. The van der Waals surface area contributed by atoms with Crippen LogP contribution in [0.5, 0.6) is 5.75 Å². The molecule has 0 aliphatic heterocycles. The first-order chi connectivity index (χ1) is 41.9. The molecule has 450 valence electrons. The third kappa shape index (κ3) is 17.1. The number of amides is 3. The molecule has 0 saturated carbocycles. The van der Waals surface area contributed by atoms with E-state index in [1.54, 1.807) is 42.1 Å². The van der Waals surface area contributed by atoms with Gasteiger partial charge >= 0.3 is 24.1 Å². The van der Waals surface area contributed by atoms with E-state index in [-0.39, 0.29) is 55.9 Å². The summed E-state index contributed by atoms with van der Waals surface area (Å²) >= 11 is 1.68. The Balaban J connectivity index is 0.000000189. The second kappa shape index (κ2) is 29.5. The lowest BCUT2D eigenvalue weighted by Gasteiger charge is -2.13. The zero-order chi connectivity index (χ0) is 63.8. The maximum atomic E-state index is 14.7. The van der Waals surface area contributed by atoms with Crippen molar-refractivity contribution in [3.8, 4) is 39.1 Å². The lowest BCUT2D eigenvalue weighted by molar-refractivity contribution is -0.153. The van der Waals surface area contributed by atoms with E-state index in [9.17, 15) is 69.0 Å². The molecule has 13 nitrogen and oxygen atoms in total. The minimum Gasteiger partial charge on any atom is -0.484 e. The van der Waals surface area contributed by atoms with Crippen LogP contribution in [0.4, 0.5) is 52.2 Å². The minimum absolute atomic E-state index is 0.0126. The van der Waals surface area contributed by atoms with Crippen LogP contribution in [0.1, 0.15) is 81.6 Å². The molecular formula is C66H49F8N3O10S. The standard InChI is InChI=1S/C22H14F5NO4.C22H17F2NO3.C22H18FNO3S/c23-17-9-13(12-4-3-5-14(8-12)32-11-22(25,26)27)10-18(24)19(17)28-20(29)15-6-1-2-7-16(15)21(30)31;1-2-13-6-5-7-14(10-13)15-11-18(23)20(19(24)12-15)25-21(26)16-8-3-4-9-17(16)22(27)28;1-2-28-16-7-5-6-14(12-16)17-11-10-15(13-20(17)23)24-21(25)18-8-3-4-9-19(18)22(26)27/h1-10H,11H2,(H,28,29)(H,30,31);3-12H,2H2,1H3,(H,25,26)(H,27,28);3-13H,2H2,1H3,(H,24,25)(H,26,27). The van der Waals surface area contributed by atoms with E-state index in [1.165, 1.54) is 91.0 Å². The maximum Gasteiger partial charge on any atom is 0.422 e. The molecule has 0 aliphatic carbocycles. The Kier molecular flexibility index (Phi) is 21.7. The van der Waals surface area contributed by atoms with Crippen LogP contribution in [0.25, 0.3) is 33.4 Å². The van der Waals surface area contributed by atoms with Gasteiger partial charge in [0.1, 0.15) is 46.2 Å². The molecule has 6 N–H and O–H groups in total. The molecule has 22 heteroatoms. The van der Waals surface area contributed by atoms with E-state index in [1.807, 2.05) is 54.7 Å². The van der Waals surface area contributed by atoms with Crippen LogP contribution in [-0.4, -0.2) is 69.5 Å². The largest absolute Gasteiger partial charge is 0.484 e. The van der Waals surface area contributed by atoms with Gasteiger partial charge in [0.05, 0.1) is 33.4 Å². The van der Waals surface area contributed by atoms with Gasteiger partial charge in [0.2, 0.25) is 0 Å². The molecule has 0 fully saturated rings. The zero-order valence-corrected chi connectivity index (χ0v) is 47.0. The van der Waals surface area contributed by atoms with Gasteiger partial charge in [-0.05, 0) is 149 Å². The number of carbonyl (C=O) groups excluding carboxylic acids is 3. The lowest BCUT2D eigenvalue weighted by atomic mass is 10.0. The Labute approximate surface area is 501 Å². The summed E-state index contributed by atoms with van der Waals surface area (Å²) in [5.74, 6) is -10.4. The second-order valence-corrected chi connectivity index (χ2v) is 20.0. The van der Waals surface area contributed by atoms with E-state index in [2.05, 4.69) is 22.3 Å². The van der Waals surface area contributed by atoms with Gasteiger partial charge in [-0.2, -0.15) is 13.2 Å². The van der Waals surface area contributed by atoms with Crippen molar-refractivity contribution in [2.24, 2.45) is 0 Å². The zero-order valence-electron chi connectivity index (χ0n) is 46.2. The predicted octanol–water partition coefficient (Wildman–Crippen LogP) is 16.2. The molecule has 0 heterocycles. The summed E-state index contributed by atoms with van der Waals surface area (Å²) < 4.78 is 115. The summed E-state index contributed by atoms with van der Waals surface area (Å²) in [6.45, 7) is 2.51. The average molecular weight is 1230 g/mol. The van der Waals surface area contributed by atoms with Crippen molar-refractivity contribution in [1.82, 2.24) is 0 Å². The van der Waals surface area contributed by atoms with E-state index in [0.29, 0.717) is 16.7 Å². The van der Waals surface area contributed by atoms with Gasteiger partial charge < -0.3 is 36.0 Å². The normalized spacial score (nSPS) is 10.8. The first kappa shape index (κ1) is 64.9. The fraction of sp³-hybridized carbons (Fsp3) is 0.0909.